The second kappa shape index (κ2) is 14.9. The molecule has 2 nitrogen and oxygen atoms in total. The molecule has 0 atom stereocenters. The molecule has 0 amide bonds. The predicted molar refractivity (Wildman–Crippen MR) is 208 cm³/mol. The van der Waals surface area contributed by atoms with Crippen LogP contribution in [0.25, 0.3) is 64.9 Å². The molecule has 5 heteroatoms. The summed E-state index contributed by atoms with van der Waals surface area (Å²) in [7, 11) is -1.23. The third kappa shape index (κ3) is 7.56. The third-order valence-corrected chi connectivity index (χ3v) is 11.6. The van der Waals surface area contributed by atoms with E-state index in [4.69, 9.17) is 9.10 Å². The van der Waals surface area contributed by atoms with Gasteiger partial charge >= 0.3 is 0 Å². The summed E-state index contributed by atoms with van der Waals surface area (Å²) in [5.41, 5.74) is 7.63. The molecule has 1 radical (unpaired) electrons. The number of benzene rings is 5. The van der Waals surface area contributed by atoms with Crippen LogP contribution in [0.5, 0.6) is 0 Å². The maximum absolute atomic E-state index is 8.18. The first-order valence-corrected chi connectivity index (χ1v) is 20.3. The number of hydrogen-bond donors (Lipinski definition) is 0. The molecule has 5 aromatic carbocycles. The van der Waals surface area contributed by atoms with Gasteiger partial charge in [-0.25, -0.2) is 0 Å². The van der Waals surface area contributed by atoms with E-state index in [1.165, 1.54) is 26.4 Å². The molecule has 0 saturated heterocycles. The zero-order valence-corrected chi connectivity index (χ0v) is 31.7. The standard InChI is InChI=1S/C30H20NS.C14H16NSi.Ir/c1-20-17-28(31-19-27(20)22-11-6-3-7-12-22)26-14-8-13-25-24-16-15-23(18-29(24)32-30(25)26)21-9-4-2-5-10-21;1-16(2,3)13-9-10-14(15-11-13)12-7-5-4-6-8-12;/h2-13,15-19H,1H3;4-7,9-11H,1-3H3;/q2*-1;/i1D3;;. The second-order valence-electron chi connectivity index (χ2n) is 12.7. The van der Waals surface area contributed by atoms with E-state index in [1.807, 2.05) is 85.1 Å². The molecule has 0 spiro atoms. The molecule has 8 rings (SSSR count). The summed E-state index contributed by atoms with van der Waals surface area (Å²) >= 11 is 1.69. The average Bonchev–Trinajstić information content (AvgIpc) is 3.54. The Balaban J connectivity index is 0.000000230. The summed E-state index contributed by atoms with van der Waals surface area (Å²) in [6.07, 6.45) is 3.70. The molecular formula is C44H36IrN2SSi-2. The van der Waals surface area contributed by atoms with E-state index in [9.17, 15) is 0 Å². The Labute approximate surface area is 312 Å². The van der Waals surface area contributed by atoms with Crippen molar-refractivity contribution in [1.82, 2.24) is 9.97 Å². The Morgan fingerprint density at radius 3 is 2.04 bits per heavy atom. The van der Waals surface area contributed by atoms with E-state index in [1.54, 1.807) is 23.6 Å². The van der Waals surface area contributed by atoms with Gasteiger partial charge in [0.1, 0.15) is 0 Å². The van der Waals surface area contributed by atoms with Crippen molar-refractivity contribution < 1.29 is 24.2 Å². The van der Waals surface area contributed by atoms with Crippen LogP contribution in [0.2, 0.25) is 19.6 Å². The Hall–Kier alpha value is -4.51. The smallest absolute Gasteiger partial charge is 0.0795 e. The van der Waals surface area contributed by atoms with E-state index in [0.29, 0.717) is 16.8 Å². The minimum atomic E-state index is -2.26. The van der Waals surface area contributed by atoms with Crippen molar-refractivity contribution in [2.45, 2.75) is 26.5 Å². The fraction of sp³-hybridized carbons (Fsp3) is 0.0909. The number of thiophene rings is 1. The Bertz CT molecular complexity index is 2430. The van der Waals surface area contributed by atoms with Crippen molar-refractivity contribution in [1.29, 1.82) is 0 Å². The molecule has 8 aromatic rings. The molecule has 3 heterocycles. The van der Waals surface area contributed by atoms with E-state index in [0.717, 1.165) is 32.5 Å². The van der Waals surface area contributed by atoms with Gasteiger partial charge in [-0.2, -0.15) is 11.3 Å². The number of pyridine rings is 2. The molecule has 0 N–H and O–H groups in total. The first-order chi connectivity index (χ1) is 24.6. The number of rotatable bonds is 5. The van der Waals surface area contributed by atoms with Crippen LogP contribution in [0.3, 0.4) is 0 Å². The van der Waals surface area contributed by atoms with Gasteiger partial charge in [0.25, 0.3) is 0 Å². The fourth-order valence-electron chi connectivity index (χ4n) is 5.73. The van der Waals surface area contributed by atoms with Crippen LogP contribution in [0, 0.1) is 19.0 Å². The molecule has 243 valence electrons. The van der Waals surface area contributed by atoms with Crippen LogP contribution in [0.15, 0.2) is 146 Å². The summed E-state index contributed by atoms with van der Waals surface area (Å²) in [5.74, 6) is 0. The maximum Gasteiger partial charge on any atom is 0.0795 e. The van der Waals surface area contributed by atoms with Crippen LogP contribution < -0.4 is 5.19 Å². The molecule has 0 aliphatic heterocycles. The van der Waals surface area contributed by atoms with Gasteiger partial charge in [-0.05, 0) is 61.8 Å². The monoisotopic (exact) mass is 848 g/mol. The van der Waals surface area contributed by atoms with Gasteiger partial charge in [0.15, 0.2) is 0 Å². The zero-order valence-electron chi connectivity index (χ0n) is 30.5. The van der Waals surface area contributed by atoms with Crippen molar-refractivity contribution in [3.8, 4) is 44.8 Å². The molecule has 0 fully saturated rings. The van der Waals surface area contributed by atoms with Crippen molar-refractivity contribution in [3.05, 3.63) is 164 Å². The van der Waals surface area contributed by atoms with Crippen molar-refractivity contribution >= 4 is 44.8 Å². The van der Waals surface area contributed by atoms with Gasteiger partial charge in [0.05, 0.1) is 8.07 Å². The van der Waals surface area contributed by atoms with E-state index < -0.39 is 14.9 Å². The molecule has 0 aliphatic carbocycles. The van der Waals surface area contributed by atoms with Crippen LogP contribution in [0.1, 0.15) is 9.68 Å². The molecule has 0 saturated carbocycles. The zero-order chi connectivity index (χ0) is 35.6. The van der Waals surface area contributed by atoms with Crippen LogP contribution in [0.4, 0.5) is 0 Å². The molecule has 0 aliphatic rings. The third-order valence-electron chi connectivity index (χ3n) is 8.40. The van der Waals surface area contributed by atoms with Crippen molar-refractivity contribution in [3.63, 3.8) is 0 Å². The number of nitrogens with zero attached hydrogens (tertiary/aromatic N) is 2. The van der Waals surface area contributed by atoms with Gasteiger partial charge in [-0.3, -0.25) is 0 Å². The molecule has 0 unspecified atom stereocenters. The first kappa shape index (κ1) is 30.5. The van der Waals surface area contributed by atoms with Crippen LogP contribution in [-0.2, 0) is 20.1 Å². The SMILES string of the molecule is C[Si](C)(C)c1ccc(-c2[c-]cccc2)nc1.[2H]C([2H])([2H])c1cc(-c2[c-]ccc3c2sc2cc(-c4ccccc4)ccc23)ncc1-c1ccccc1.[Ir]. The predicted octanol–water partition coefficient (Wildman–Crippen LogP) is 11.7. The Kier molecular flexibility index (Phi) is 9.31. The first-order valence-electron chi connectivity index (χ1n) is 17.5. The van der Waals surface area contributed by atoms with Gasteiger partial charge in [-0.15, -0.1) is 59.7 Å². The minimum Gasteiger partial charge on any atom is -0.305 e. The summed E-state index contributed by atoms with van der Waals surface area (Å²) in [4.78, 5) is 9.23. The number of aromatic nitrogens is 2. The quantitative estimate of drug-likeness (QED) is 0.127. The van der Waals surface area contributed by atoms with Gasteiger partial charge in [0, 0.05) is 46.9 Å². The fourth-order valence-corrected chi connectivity index (χ4v) is 8.01. The summed E-state index contributed by atoms with van der Waals surface area (Å²) < 4.78 is 26.8. The molecule has 49 heavy (non-hydrogen) atoms. The Morgan fingerprint density at radius 1 is 0.633 bits per heavy atom. The average molecular weight is 848 g/mol. The number of fused-ring (bicyclic) bond motifs is 3. The number of aryl methyl sites for hydroxylation is 1. The molecule has 0 bridgehead atoms. The van der Waals surface area contributed by atoms with Crippen LogP contribution in [-0.4, -0.2) is 18.0 Å². The van der Waals surface area contributed by atoms with Crippen molar-refractivity contribution in [2.24, 2.45) is 0 Å². The summed E-state index contributed by atoms with van der Waals surface area (Å²) in [5, 5.41) is 3.70. The van der Waals surface area contributed by atoms with E-state index in [2.05, 4.69) is 85.3 Å². The molecule has 3 aromatic heterocycles. The number of hydrogen-bond acceptors (Lipinski definition) is 3. The van der Waals surface area contributed by atoms with Crippen LogP contribution >= 0.6 is 11.3 Å². The van der Waals surface area contributed by atoms with Gasteiger partial charge in [-0.1, -0.05) is 116 Å². The summed E-state index contributed by atoms with van der Waals surface area (Å²) in [6.45, 7) is 4.73. The normalized spacial score (nSPS) is 12.3. The van der Waals surface area contributed by atoms with E-state index in [-0.39, 0.29) is 20.1 Å². The topological polar surface area (TPSA) is 25.8 Å². The second-order valence-corrected chi connectivity index (χ2v) is 18.8. The van der Waals surface area contributed by atoms with Crippen molar-refractivity contribution in [2.75, 3.05) is 0 Å². The largest absolute Gasteiger partial charge is 0.305 e. The minimum absolute atomic E-state index is 0. The van der Waals surface area contributed by atoms with Gasteiger partial charge < -0.3 is 9.97 Å². The summed E-state index contributed by atoms with van der Waals surface area (Å²) in [6, 6.07) is 50.9. The Morgan fingerprint density at radius 2 is 1.37 bits per heavy atom. The van der Waals surface area contributed by atoms with E-state index >= 15 is 0 Å². The molecular weight excluding hydrogens is 809 g/mol. The maximum atomic E-state index is 8.18. The van der Waals surface area contributed by atoms with Gasteiger partial charge in [0.2, 0.25) is 0 Å².